The van der Waals surface area contributed by atoms with Crippen LogP contribution in [0.25, 0.3) is 0 Å². The summed E-state index contributed by atoms with van der Waals surface area (Å²) in [7, 11) is 0. The third-order valence-electron chi connectivity index (χ3n) is 4.89. The van der Waals surface area contributed by atoms with Gasteiger partial charge in [0.1, 0.15) is 0 Å². The number of carbonyl (C=O) groups excluding carboxylic acids is 2. The van der Waals surface area contributed by atoms with Gasteiger partial charge in [-0.15, -0.1) is 11.3 Å². The van der Waals surface area contributed by atoms with E-state index in [-0.39, 0.29) is 17.4 Å². The molecule has 0 saturated carbocycles. The highest BCUT2D eigenvalue weighted by molar-refractivity contribution is 7.10. The van der Waals surface area contributed by atoms with E-state index in [0.29, 0.717) is 12.8 Å². The van der Waals surface area contributed by atoms with Crippen LogP contribution >= 0.6 is 11.3 Å². The molecule has 0 aromatic carbocycles. The molecule has 114 valence electrons. The molecular weight excluding hydrogens is 284 g/mol. The van der Waals surface area contributed by atoms with Crippen LogP contribution in [0.5, 0.6) is 0 Å². The quantitative estimate of drug-likeness (QED) is 0.929. The number of hydrogen-bond donors (Lipinski definition) is 1. The predicted octanol–water partition coefficient (Wildman–Crippen LogP) is 2.47. The Labute approximate surface area is 129 Å². The van der Waals surface area contributed by atoms with Crippen molar-refractivity contribution in [1.82, 2.24) is 10.2 Å². The van der Waals surface area contributed by atoms with Gasteiger partial charge >= 0.3 is 0 Å². The second-order valence-electron chi connectivity index (χ2n) is 6.12. The van der Waals surface area contributed by atoms with Crippen molar-refractivity contribution in [2.45, 2.75) is 57.5 Å². The Morgan fingerprint density at radius 3 is 3.05 bits per heavy atom. The fourth-order valence-electron chi connectivity index (χ4n) is 3.37. The summed E-state index contributed by atoms with van der Waals surface area (Å²) in [6, 6.07) is 2.13. The number of carbonyl (C=O) groups is 2. The van der Waals surface area contributed by atoms with Gasteiger partial charge in [-0.25, -0.2) is 0 Å². The standard InChI is InChI=1S/C16H22N2O2S/c1-2-16(7-3-14(19)17-16)8-4-15(20)18-9-5-13-12(11-18)6-10-21-13/h6,10H,2-5,7-9,11H2,1H3,(H,17,19)/t16-/m1/s1. The number of fused-ring (bicyclic) bond motifs is 1. The summed E-state index contributed by atoms with van der Waals surface area (Å²) in [6.07, 6.45) is 4.65. The van der Waals surface area contributed by atoms with E-state index in [0.717, 1.165) is 38.8 Å². The van der Waals surface area contributed by atoms with Crippen molar-refractivity contribution in [1.29, 1.82) is 0 Å². The number of amides is 2. The van der Waals surface area contributed by atoms with Gasteiger partial charge in [-0.1, -0.05) is 6.92 Å². The lowest BCUT2D eigenvalue weighted by Gasteiger charge is -2.31. The Balaban J connectivity index is 1.56. The predicted molar refractivity (Wildman–Crippen MR) is 83.1 cm³/mol. The molecule has 0 unspecified atom stereocenters. The van der Waals surface area contributed by atoms with Crippen molar-refractivity contribution >= 4 is 23.2 Å². The third-order valence-corrected chi connectivity index (χ3v) is 5.91. The number of nitrogens with zero attached hydrogens (tertiary/aromatic N) is 1. The maximum atomic E-state index is 12.4. The Kier molecular flexibility index (Phi) is 4.02. The van der Waals surface area contributed by atoms with Crippen molar-refractivity contribution in [2.75, 3.05) is 6.54 Å². The van der Waals surface area contributed by atoms with Gasteiger partial charge in [0.15, 0.2) is 0 Å². The molecule has 1 atom stereocenters. The van der Waals surface area contributed by atoms with Gasteiger partial charge in [0.25, 0.3) is 0 Å². The Morgan fingerprint density at radius 1 is 1.48 bits per heavy atom. The van der Waals surface area contributed by atoms with Crippen LogP contribution in [-0.4, -0.2) is 28.8 Å². The van der Waals surface area contributed by atoms with Crippen molar-refractivity contribution in [3.8, 4) is 0 Å². The molecule has 1 fully saturated rings. The minimum atomic E-state index is -0.143. The maximum absolute atomic E-state index is 12.4. The topological polar surface area (TPSA) is 49.4 Å². The summed E-state index contributed by atoms with van der Waals surface area (Å²) in [5.74, 6) is 0.353. The minimum absolute atomic E-state index is 0.130. The van der Waals surface area contributed by atoms with Crippen molar-refractivity contribution in [2.24, 2.45) is 0 Å². The molecule has 3 rings (SSSR count). The van der Waals surface area contributed by atoms with E-state index in [9.17, 15) is 9.59 Å². The van der Waals surface area contributed by atoms with Crippen LogP contribution in [0, 0.1) is 0 Å². The van der Waals surface area contributed by atoms with E-state index < -0.39 is 0 Å². The van der Waals surface area contributed by atoms with E-state index in [4.69, 9.17) is 0 Å². The van der Waals surface area contributed by atoms with Crippen LogP contribution in [0.2, 0.25) is 0 Å². The minimum Gasteiger partial charge on any atom is -0.351 e. The van der Waals surface area contributed by atoms with Gasteiger partial charge in [0.05, 0.1) is 0 Å². The Bertz CT molecular complexity index is 554. The van der Waals surface area contributed by atoms with Crippen LogP contribution < -0.4 is 5.32 Å². The molecule has 5 heteroatoms. The second-order valence-corrected chi connectivity index (χ2v) is 7.12. The average Bonchev–Trinajstić information content (AvgIpc) is 3.11. The summed E-state index contributed by atoms with van der Waals surface area (Å²) in [5, 5.41) is 5.19. The lowest BCUT2D eigenvalue weighted by atomic mass is 9.88. The number of nitrogens with one attached hydrogen (secondary N) is 1. The lowest BCUT2D eigenvalue weighted by molar-refractivity contribution is -0.132. The van der Waals surface area contributed by atoms with Gasteiger partial charge in [-0.2, -0.15) is 0 Å². The molecule has 1 aromatic rings. The van der Waals surface area contributed by atoms with Gasteiger partial charge in [-0.05, 0) is 42.7 Å². The lowest BCUT2D eigenvalue weighted by Crippen LogP contribution is -2.43. The van der Waals surface area contributed by atoms with Gasteiger partial charge in [0, 0.05) is 36.3 Å². The molecule has 4 nitrogen and oxygen atoms in total. The van der Waals surface area contributed by atoms with Gasteiger partial charge in [-0.3, -0.25) is 9.59 Å². The summed E-state index contributed by atoms with van der Waals surface area (Å²) < 4.78 is 0. The smallest absolute Gasteiger partial charge is 0.222 e. The largest absolute Gasteiger partial charge is 0.351 e. The molecule has 21 heavy (non-hydrogen) atoms. The molecule has 0 bridgehead atoms. The first-order valence-corrected chi connectivity index (χ1v) is 8.64. The zero-order valence-corrected chi connectivity index (χ0v) is 13.3. The highest BCUT2D eigenvalue weighted by Crippen LogP contribution is 2.30. The molecule has 2 amide bonds. The third kappa shape index (κ3) is 2.98. The van der Waals surface area contributed by atoms with Crippen LogP contribution in [0.15, 0.2) is 11.4 Å². The zero-order valence-electron chi connectivity index (χ0n) is 12.5. The Morgan fingerprint density at radius 2 is 2.33 bits per heavy atom. The molecule has 2 aliphatic rings. The molecule has 3 heterocycles. The summed E-state index contributed by atoms with van der Waals surface area (Å²) in [4.78, 5) is 27.3. The van der Waals surface area contributed by atoms with Crippen LogP contribution in [0.3, 0.4) is 0 Å². The van der Waals surface area contributed by atoms with Crippen molar-refractivity contribution in [3.05, 3.63) is 21.9 Å². The molecule has 0 spiro atoms. The van der Waals surface area contributed by atoms with E-state index in [1.807, 2.05) is 4.90 Å². The molecule has 0 radical (unpaired) electrons. The molecule has 1 N–H and O–H groups in total. The molecule has 1 saturated heterocycles. The maximum Gasteiger partial charge on any atom is 0.222 e. The van der Waals surface area contributed by atoms with Crippen LogP contribution in [-0.2, 0) is 22.6 Å². The SMILES string of the molecule is CC[C@]1(CCC(=O)N2CCc3sccc3C2)CCC(=O)N1. The normalized spacial score (nSPS) is 24.8. The summed E-state index contributed by atoms with van der Waals surface area (Å²) in [6.45, 7) is 3.68. The highest BCUT2D eigenvalue weighted by Gasteiger charge is 2.36. The molecule has 0 aliphatic carbocycles. The van der Waals surface area contributed by atoms with Crippen LogP contribution in [0.1, 0.15) is 49.5 Å². The average molecular weight is 306 g/mol. The summed E-state index contributed by atoms with van der Waals surface area (Å²) >= 11 is 1.79. The fourth-order valence-corrected chi connectivity index (χ4v) is 4.26. The van der Waals surface area contributed by atoms with E-state index >= 15 is 0 Å². The van der Waals surface area contributed by atoms with Gasteiger partial charge < -0.3 is 10.2 Å². The Hall–Kier alpha value is -1.36. The first-order chi connectivity index (χ1) is 10.1. The second kappa shape index (κ2) is 5.79. The number of rotatable bonds is 4. The molecule has 2 aliphatic heterocycles. The fraction of sp³-hybridized carbons (Fsp3) is 0.625. The zero-order chi connectivity index (χ0) is 14.9. The van der Waals surface area contributed by atoms with E-state index in [1.54, 1.807) is 11.3 Å². The summed E-state index contributed by atoms with van der Waals surface area (Å²) in [5.41, 5.74) is 1.16. The first kappa shape index (κ1) is 14.6. The first-order valence-electron chi connectivity index (χ1n) is 7.76. The van der Waals surface area contributed by atoms with Crippen molar-refractivity contribution < 1.29 is 9.59 Å². The van der Waals surface area contributed by atoms with Crippen molar-refractivity contribution in [3.63, 3.8) is 0 Å². The number of hydrogen-bond acceptors (Lipinski definition) is 3. The van der Waals surface area contributed by atoms with E-state index in [1.165, 1.54) is 10.4 Å². The molecule has 1 aromatic heterocycles. The molecular formula is C16H22N2O2S. The monoisotopic (exact) mass is 306 g/mol. The van der Waals surface area contributed by atoms with E-state index in [2.05, 4.69) is 23.7 Å². The van der Waals surface area contributed by atoms with Gasteiger partial charge in [0.2, 0.25) is 11.8 Å². The number of thiophene rings is 1. The highest BCUT2D eigenvalue weighted by atomic mass is 32.1. The van der Waals surface area contributed by atoms with Crippen LogP contribution in [0.4, 0.5) is 0 Å².